The molecule has 0 fully saturated rings. The number of benzene rings is 2. The van der Waals surface area contributed by atoms with Gasteiger partial charge in [-0.3, -0.25) is 4.79 Å². The van der Waals surface area contributed by atoms with Crippen LogP contribution in [-0.4, -0.2) is 10.9 Å². The Balaban J connectivity index is 1.79. The Labute approximate surface area is 135 Å². The molecule has 0 saturated heterocycles. The van der Waals surface area contributed by atoms with Gasteiger partial charge in [0.25, 0.3) is 0 Å². The molecular formula is C17H14BrFN2O. The van der Waals surface area contributed by atoms with Crippen LogP contribution < -0.4 is 5.32 Å². The van der Waals surface area contributed by atoms with Gasteiger partial charge in [-0.1, -0.05) is 15.9 Å². The molecule has 0 aliphatic rings. The largest absolute Gasteiger partial charge is 0.361 e. The Bertz CT molecular complexity index is 857. The first-order valence-corrected chi connectivity index (χ1v) is 7.64. The van der Waals surface area contributed by atoms with E-state index >= 15 is 0 Å². The third-order valence-corrected chi connectivity index (χ3v) is 4.04. The molecule has 3 nitrogen and oxygen atoms in total. The molecule has 0 aliphatic heterocycles. The zero-order valence-corrected chi connectivity index (χ0v) is 13.5. The number of aromatic nitrogens is 1. The number of hydrogen-bond acceptors (Lipinski definition) is 1. The summed E-state index contributed by atoms with van der Waals surface area (Å²) in [5.41, 5.74) is 3.36. The number of H-pyrrole nitrogens is 1. The highest BCUT2D eigenvalue weighted by Crippen LogP contribution is 2.22. The average Bonchev–Trinajstić information content (AvgIpc) is 2.84. The molecule has 0 bridgehead atoms. The first-order valence-electron chi connectivity index (χ1n) is 6.84. The predicted octanol–water partition coefficient (Wildman–Crippen LogP) is 4.56. The molecule has 0 unspecified atom stereocenters. The third kappa shape index (κ3) is 3.04. The van der Waals surface area contributed by atoms with E-state index in [1.807, 2.05) is 25.1 Å². The number of hydrogen-bond donors (Lipinski definition) is 2. The Hall–Kier alpha value is -2.14. The number of aromatic amines is 1. The van der Waals surface area contributed by atoms with Crippen LogP contribution in [0.4, 0.5) is 10.1 Å². The summed E-state index contributed by atoms with van der Waals surface area (Å²) in [5.74, 6) is -0.437. The second kappa shape index (κ2) is 5.93. The first-order chi connectivity index (χ1) is 10.5. The number of amides is 1. The molecule has 22 heavy (non-hydrogen) atoms. The smallest absolute Gasteiger partial charge is 0.228 e. The van der Waals surface area contributed by atoms with E-state index in [0.717, 1.165) is 32.2 Å². The topological polar surface area (TPSA) is 44.9 Å². The molecule has 2 N–H and O–H groups in total. The van der Waals surface area contributed by atoms with E-state index in [4.69, 9.17) is 0 Å². The maximum atomic E-state index is 13.4. The standard InChI is InChI=1S/C17H14BrFN2O/c1-10-6-12(18)2-4-15(10)21-17(22)7-11-9-20-16-5-3-13(19)8-14(11)16/h2-6,8-9,20H,7H2,1H3,(H,21,22). The van der Waals surface area contributed by atoms with Crippen molar-refractivity contribution in [2.45, 2.75) is 13.3 Å². The molecule has 3 aromatic rings. The number of nitrogens with one attached hydrogen (secondary N) is 2. The van der Waals surface area contributed by atoms with Crippen LogP contribution in [0, 0.1) is 12.7 Å². The van der Waals surface area contributed by atoms with E-state index in [-0.39, 0.29) is 18.1 Å². The lowest BCUT2D eigenvalue weighted by Gasteiger charge is -2.08. The third-order valence-electron chi connectivity index (χ3n) is 3.54. The summed E-state index contributed by atoms with van der Waals surface area (Å²) in [6, 6.07) is 10.2. The summed E-state index contributed by atoms with van der Waals surface area (Å²) >= 11 is 3.39. The lowest BCUT2D eigenvalue weighted by Crippen LogP contribution is -2.15. The number of halogens is 2. The summed E-state index contributed by atoms with van der Waals surface area (Å²) < 4.78 is 14.3. The zero-order valence-electron chi connectivity index (χ0n) is 11.9. The summed E-state index contributed by atoms with van der Waals surface area (Å²) in [6.07, 6.45) is 1.94. The van der Waals surface area contributed by atoms with Gasteiger partial charge in [-0.15, -0.1) is 0 Å². The summed E-state index contributed by atoms with van der Waals surface area (Å²) in [5, 5.41) is 3.63. The van der Waals surface area contributed by atoms with Crippen molar-refractivity contribution in [3.63, 3.8) is 0 Å². The van der Waals surface area contributed by atoms with Crippen LogP contribution in [0.5, 0.6) is 0 Å². The minimum Gasteiger partial charge on any atom is -0.361 e. The highest BCUT2D eigenvalue weighted by molar-refractivity contribution is 9.10. The van der Waals surface area contributed by atoms with Crippen LogP contribution in [0.1, 0.15) is 11.1 Å². The van der Waals surface area contributed by atoms with Crippen molar-refractivity contribution in [1.82, 2.24) is 4.98 Å². The van der Waals surface area contributed by atoms with Crippen molar-refractivity contribution in [3.8, 4) is 0 Å². The molecule has 1 heterocycles. The van der Waals surface area contributed by atoms with E-state index in [1.165, 1.54) is 12.1 Å². The predicted molar refractivity (Wildman–Crippen MR) is 89.5 cm³/mol. The van der Waals surface area contributed by atoms with Crippen LogP contribution >= 0.6 is 15.9 Å². The van der Waals surface area contributed by atoms with Crippen LogP contribution in [0.3, 0.4) is 0 Å². The number of aryl methyl sites for hydroxylation is 1. The second-order valence-corrected chi connectivity index (χ2v) is 6.10. The molecule has 0 radical (unpaired) electrons. The van der Waals surface area contributed by atoms with Crippen molar-refractivity contribution in [2.24, 2.45) is 0 Å². The zero-order chi connectivity index (χ0) is 15.7. The van der Waals surface area contributed by atoms with Gasteiger partial charge in [0.15, 0.2) is 0 Å². The molecule has 3 rings (SSSR count). The number of carbonyl (C=O) groups excluding carboxylic acids is 1. The fourth-order valence-corrected chi connectivity index (χ4v) is 2.91. The molecule has 0 spiro atoms. The van der Waals surface area contributed by atoms with Gasteiger partial charge in [-0.2, -0.15) is 0 Å². The molecule has 5 heteroatoms. The van der Waals surface area contributed by atoms with Crippen molar-refractivity contribution in [2.75, 3.05) is 5.32 Å². The van der Waals surface area contributed by atoms with E-state index in [0.29, 0.717) is 0 Å². The van der Waals surface area contributed by atoms with Gasteiger partial charge in [-0.05, 0) is 54.4 Å². The van der Waals surface area contributed by atoms with Crippen molar-refractivity contribution in [1.29, 1.82) is 0 Å². The van der Waals surface area contributed by atoms with Gasteiger partial charge < -0.3 is 10.3 Å². The SMILES string of the molecule is Cc1cc(Br)ccc1NC(=O)Cc1c[nH]c2ccc(F)cc12. The maximum Gasteiger partial charge on any atom is 0.228 e. The van der Waals surface area contributed by atoms with Gasteiger partial charge in [0.05, 0.1) is 6.42 Å². The average molecular weight is 361 g/mol. The molecular weight excluding hydrogens is 347 g/mol. The van der Waals surface area contributed by atoms with Crippen molar-refractivity contribution in [3.05, 3.63) is 64.0 Å². The van der Waals surface area contributed by atoms with Gasteiger partial charge in [0.2, 0.25) is 5.91 Å². The minimum atomic E-state index is -0.308. The Morgan fingerprint density at radius 3 is 2.86 bits per heavy atom. The summed E-state index contributed by atoms with van der Waals surface area (Å²) in [6.45, 7) is 1.93. The molecule has 0 saturated carbocycles. The second-order valence-electron chi connectivity index (χ2n) is 5.19. The normalized spacial score (nSPS) is 10.9. The molecule has 1 aromatic heterocycles. The molecule has 112 valence electrons. The van der Waals surface area contributed by atoms with E-state index < -0.39 is 0 Å². The fourth-order valence-electron chi connectivity index (χ4n) is 2.43. The molecule has 1 amide bonds. The number of fused-ring (bicyclic) bond motifs is 1. The van der Waals surface area contributed by atoms with E-state index in [1.54, 1.807) is 12.3 Å². The van der Waals surface area contributed by atoms with Gasteiger partial charge in [0.1, 0.15) is 5.82 Å². The number of rotatable bonds is 3. The van der Waals surface area contributed by atoms with E-state index in [9.17, 15) is 9.18 Å². The van der Waals surface area contributed by atoms with Crippen LogP contribution in [0.25, 0.3) is 10.9 Å². The van der Waals surface area contributed by atoms with E-state index in [2.05, 4.69) is 26.2 Å². The minimum absolute atomic E-state index is 0.129. The lowest BCUT2D eigenvalue weighted by molar-refractivity contribution is -0.115. The Morgan fingerprint density at radius 2 is 2.09 bits per heavy atom. The molecule has 2 aromatic carbocycles. The summed E-state index contributed by atoms with van der Waals surface area (Å²) in [7, 11) is 0. The Morgan fingerprint density at radius 1 is 1.27 bits per heavy atom. The quantitative estimate of drug-likeness (QED) is 0.706. The first kappa shape index (κ1) is 14.8. The number of carbonyl (C=O) groups is 1. The highest BCUT2D eigenvalue weighted by atomic mass is 79.9. The van der Waals surface area contributed by atoms with Crippen LogP contribution in [0.15, 0.2) is 47.1 Å². The highest BCUT2D eigenvalue weighted by Gasteiger charge is 2.11. The monoisotopic (exact) mass is 360 g/mol. The molecule has 0 aliphatic carbocycles. The number of anilines is 1. The fraction of sp³-hybridized carbons (Fsp3) is 0.118. The lowest BCUT2D eigenvalue weighted by atomic mass is 10.1. The molecule has 0 atom stereocenters. The van der Waals surface area contributed by atoms with Crippen LogP contribution in [0.2, 0.25) is 0 Å². The Kier molecular flexibility index (Phi) is 3.98. The van der Waals surface area contributed by atoms with Crippen molar-refractivity contribution < 1.29 is 9.18 Å². The van der Waals surface area contributed by atoms with Gasteiger partial charge in [-0.25, -0.2) is 4.39 Å². The van der Waals surface area contributed by atoms with Crippen LogP contribution in [-0.2, 0) is 11.2 Å². The van der Waals surface area contributed by atoms with Gasteiger partial charge in [0, 0.05) is 27.3 Å². The maximum absolute atomic E-state index is 13.4. The van der Waals surface area contributed by atoms with Crippen molar-refractivity contribution >= 4 is 38.4 Å². The summed E-state index contributed by atoms with van der Waals surface area (Å²) in [4.78, 5) is 15.3. The van der Waals surface area contributed by atoms with Gasteiger partial charge >= 0.3 is 0 Å².